The first-order chi connectivity index (χ1) is 9.61. The molecule has 5 heteroatoms. The number of nitrogens with zero attached hydrogens (tertiary/aromatic N) is 1. The third kappa shape index (κ3) is 3.32. The number of hydrogen-bond donors (Lipinski definition) is 2. The van der Waals surface area contributed by atoms with E-state index in [0.29, 0.717) is 17.8 Å². The number of methoxy groups -OCH3 is 1. The number of benzene rings is 2. The second kappa shape index (κ2) is 6.46. The zero-order chi connectivity index (χ0) is 14.5. The summed E-state index contributed by atoms with van der Waals surface area (Å²) in [6, 6.07) is 15.2. The van der Waals surface area contributed by atoms with Gasteiger partial charge in [0.05, 0.1) is 7.11 Å². The second-order valence-electron chi connectivity index (χ2n) is 4.63. The van der Waals surface area contributed by atoms with Gasteiger partial charge in [0, 0.05) is 19.3 Å². The fourth-order valence-corrected chi connectivity index (χ4v) is 2.13. The van der Waals surface area contributed by atoms with Crippen molar-refractivity contribution in [2.24, 2.45) is 0 Å². The van der Waals surface area contributed by atoms with Crippen LogP contribution in [-0.4, -0.2) is 31.3 Å². The first-order valence-corrected chi connectivity index (χ1v) is 6.41. The summed E-state index contributed by atoms with van der Waals surface area (Å²) < 4.78 is 5.20. The molecule has 0 aliphatic carbocycles. The van der Waals surface area contributed by atoms with Crippen molar-refractivity contribution in [1.82, 2.24) is 0 Å². The third-order valence-electron chi connectivity index (χ3n) is 3.23. The molecule has 0 saturated carbocycles. The van der Waals surface area contributed by atoms with Crippen LogP contribution in [0.1, 0.15) is 5.56 Å². The molecule has 2 rings (SSSR count). The molecule has 2 aromatic rings. The maximum atomic E-state index is 9.45. The fraction of sp³-hybridized carbons (Fsp3) is 0.200. The lowest BCUT2D eigenvalue weighted by Gasteiger charge is -2.21. The molecule has 0 heterocycles. The Morgan fingerprint density at radius 1 is 1.10 bits per heavy atom. The summed E-state index contributed by atoms with van der Waals surface area (Å²) in [5.74, 6) is 0.700. The Labute approximate surface area is 119 Å². The molecule has 0 aromatic heterocycles. The van der Waals surface area contributed by atoms with E-state index in [0.717, 1.165) is 11.3 Å². The number of hydrogen-bond acceptors (Lipinski definition) is 4. The molecule has 0 amide bonds. The first kappa shape index (κ1) is 14.4. The highest BCUT2D eigenvalue weighted by Crippen LogP contribution is 2.17. The molecule has 2 aromatic carbocycles. The highest BCUT2D eigenvalue weighted by atomic mass is 16.5. The summed E-state index contributed by atoms with van der Waals surface area (Å²) in [7, 11) is 2.07. The van der Waals surface area contributed by atoms with E-state index in [4.69, 9.17) is 4.74 Å². The van der Waals surface area contributed by atoms with Gasteiger partial charge in [-0.2, -0.15) is 0 Å². The molecule has 0 radical (unpaired) electrons. The van der Waals surface area contributed by atoms with Gasteiger partial charge >= 0.3 is 7.12 Å². The van der Waals surface area contributed by atoms with Crippen molar-refractivity contribution in [3.05, 3.63) is 54.1 Å². The van der Waals surface area contributed by atoms with Crippen molar-refractivity contribution in [3.63, 3.8) is 0 Å². The van der Waals surface area contributed by atoms with Gasteiger partial charge in [-0.05, 0) is 35.3 Å². The quantitative estimate of drug-likeness (QED) is 0.797. The molecule has 20 heavy (non-hydrogen) atoms. The van der Waals surface area contributed by atoms with Gasteiger partial charge in [-0.1, -0.05) is 24.3 Å². The summed E-state index contributed by atoms with van der Waals surface area (Å²) in [6.07, 6.45) is 0. The summed E-state index contributed by atoms with van der Waals surface area (Å²) >= 11 is 0. The van der Waals surface area contributed by atoms with E-state index in [2.05, 4.69) is 0 Å². The highest BCUT2D eigenvalue weighted by Gasteiger charge is 2.17. The largest absolute Gasteiger partial charge is 0.497 e. The molecule has 0 spiro atoms. The molecule has 104 valence electrons. The van der Waals surface area contributed by atoms with E-state index in [1.165, 1.54) is 0 Å². The van der Waals surface area contributed by atoms with E-state index in [9.17, 15) is 10.0 Å². The Morgan fingerprint density at radius 2 is 1.80 bits per heavy atom. The van der Waals surface area contributed by atoms with Gasteiger partial charge in [0.2, 0.25) is 0 Å². The highest BCUT2D eigenvalue weighted by molar-refractivity contribution is 6.59. The number of anilines is 1. The van der Waals surface area contributed by atoms with Crippen LogP contribution in [0, 0.1) is 0 Å². The number of rotatable bonds is 5. The average molecular weight is 271 g/mol. The van der Waals surface area contributed by atoms with E-state index < -0.39 is 7.12 Å². The summed E-state index contributed by atoms with van der Waals surface area (Å²) in [5, 5.41) is 18.9. The van der Waals surface area contributed by atoms with Crippen molar-refractivity contribution in [2.75, 3.05) is 19.1 Å². The molecular weight excluding hydrogens is 253 g/mol. The van der Waals surface area contributed by atoms with Crippen LogP contribution in [0.5, 0.6) is 5.75 Å². The number of ether oxygens (including phenoxy) is 1. The Balaban J connectivity index is 2.27. The van der Waals surface area contributed by atoms with E-state index in [1.807, 2.05) is 48.3 Å². The molecule has 4 nitrogen and oxygen atoms in total. The van der Waals surface area contributed by atoms with Gasteiger partial charge in [0.15, 0.2) is 0 Å². The Bertz CT molecular complexity index is 560. The van der Waals surface area contributed by atoms with Gasteiger partial charge in [0.1, 0.15) is 5.75 Å². The normalized spacial score (nSPS) is 10.2. The molecular formula is C15H18BNO3. The fourth-order valence-electron chi connectivity index (χ4n) is 2.13. The SMILES string of the molecule is COc1ccc(B(O)O)c(CN(C)c2ccccc2)c1. The Hall–Kier alpha value is -1.98. The maximum absolute atomic E-state index is 9.45. The predicted octanol–water partition coefficient (Wildman–Crippen LogP) is 1.01. The first-order valence-electron chi connectivity index (χ1n) is 6.41. The Kier molecular flexibility index (Phi) is 4.66. The minimum Gasteiger partial charge on any atom is -0.497 e. The average Bonchev–Trinajstić information content (AvgIpc) is 2.47. The van der Waals surface area contributed by atoms with Crippen LogP contribution in [0.25, 0.3) is 0 Å². The van der Waals surface area contributed by atoms with Gasteiger partial charge in [0.25, 0.3) is 0 Å². The van der Waals surface area contributed by atoms with Crippen molar-refractivity contribution < 1.29 is 14.8 Å². The van der Waals surface area contributed by atoms with Crippen molar-refractivity contribution in [2.45, 2.75) is 6.54 Å². The molecule has 0 aliphatic rings. The molecule has 0 unspecified atom stereocenters. The monoisotopic (exact) mass is 271 g/mol. The Morgan fingerprint density at radius 3 is 2.40 bits per heavy atom. The van der Waals surface area contributed by atoms with E-state index in [-0.39, 0.29) is 0 Å². The zero-order valence-corrected chi connectivity index (χ0v) is 11.7. The molecule has 0 bridgehead atoms. The lowest BCUT2D eigenvalue weighted by Crippen LogP contribution is -2.35. The van der Waals surface area contributed by atoms with Crippen LogP contribution in [0.15, 0.2) is 48.5 Å². The van der Waals surface area contributed by atoms with Gasteiger partial charge in [-0.15, -0.1) is 0 Å². The van der Waals surface area contributed by atoms with Crippen LogP contribution in [-0.2, 0) is 6.54 Å². The lowest BCUT2D eigenvalue weighted by molar-refractivity contribution is 0.413. The third-order valence-corrected chi connectivity index (χ3v) is 3.23. The number of para-hydroxylation sites is 1. The van der Waals surface area contributed by atoms with Crippen LogP contribution < -0.4 is 15.1 Å². The smallest absolute Gasteiger partial charge is 0.488 e. The van der Waals surface area contributed by atoms with Crippen LogP contribution >= 0.6 is 0 Å². The molecule has 0 aliphatic heterocycles. The van der Waals surface area contributed by atoms with Crippen molar-refractivity contribution in [1.29, 1.82) is 0 Å². The van der Waals surface area contributed by atoms with Gasteiger partial charge < -0.3 is 19.7 Å². The van der Waals surface area contributed by atoms with Crippen molar-refractivity contribution in [3.8, 4) is 5.75 Å². The molecule has 0 saturated heterocycles. The minimum atomic E-state index is -1.49. The topological polar surface area (TPSA) is 52.9 Å². The van der Waals surface area contributed by atoms with Crippen LogP contribution in [0.3, 0.4) is 0 Å². The molecule has 0 atom stereocenters. The van der Waals surface area contributed by atoms with Crippen molar-refractivity contribution >= 4 is 18.3 Å². The lowest BCUT2D eigenvalue weighted by atomic mass is 9.77. The zero-order valence-electron chi connectivity index (χ0n) is 11.7. The second-order valence-corrected chi connectivity index (χ2v) is 4.63. The van der Waals surface area contributed by atoms with Gasteiger partial charge in [-0.3, -0.25) is 0 Å². The summed E-state index contributed by atoms with van der Waals surface area (Å²) in [5.41, 5.74) is 2.38. The van der Waals surface area contributed by atoms with E-state index >= 15 is 0 Å². The minimum absolute atomic E-state index is 0.494. The summed E-state index contributed by atoms with van der Waals surface area (Å²) in [6.45, 7) is 0.564. The van der Waals surface area contributed by atoms with Crippen LogP contribution in [0.2, 0.25) is 0 Å². The van der Waals surface area contributed by atoms with E-state index in [1.54, 1.807) is 19.2 Å². The van der Waals surface area contributed by atoms with Gasteiger partial charge in [-0.25, -0.2) is 0 Å². The maximum Gasteiger partial charge on any atom is 0.488 e. The van der Waals surface area contributed by atoms with Crippen LogP contribution in [0.4, 0.5) is 5.69 Å². The summed E-state index contributed by atoms with van der Waals surface area (Å²) in [4.78, 5) is 2.04. The standard InChI is InChI=1S/C15H18BNO3/c1-17(13-6-4-3-5-7-13)11-12-10-14(20-2)8-9-15(12)16(18)19/h3-10,18-19H,11H2,1-2H3. The molecule has 2 N–H and O–H groups in total. The predicted molar refractivity (Wildman–Crippen MR) is 81.4 cm³/mol. The molecule has 0 fully saturated rings.